The number of hydrogen-bond donors (Lipinski definition) is 2. The van der Waals surface area contributed by atoms with Gasteiger partial charge in [-0.1, -0.05) is 0 Å². The highest BCUT2D eigenvalue weighted by Crippen LogP contribution is 2.31. The molecule has 19 heavy (non-hydrogen) atoms. The van der Waals surface area contributed by atoms with E-state index in [1.807, 2.05) is 0 Å². The van der Waals surface area contributed by atoms with Crippen LogP contribution in [0.15, 0.2) is 0 Å². The van der Waals surface area contributed by atoms with Crippen molar-refractivity contribution in [1.82, 2.24) is 4.90 Å². The summed E-state index contributed by atoms with van der Waals surface area (Å²) in [6, 6.07) is 0. The van der Waals surface area contributed by atoms with Crippen LogP contribution in [0, 0.1) is 0 Å². The van der Waals surface area contributed by atoms with Crippen molar-refractivity contribution in [3.63, 3.8) is 0 Å². The van der Waals surface area contributed by atoms with E-state index in [0.717, 1.165) is 4.90 Å². The summed E-state index contributed by atoms with van der Waals surface area (Å²) in [7, 11) is 0. The molecule has 8 heteroatoms. The molecule has 0 bridgehead atoms. The minimum absolute atomic E-state index is 0.00873. The molecule has 1 saturated heterocycles. The van der Waals surface area contributed by atoms with Crippen LogP contribution in [0.3, 0.4) is 0 Å². The van der Waals surface area contributed by atoms with Gasteiger partial charge >= 0.3 is 6.18 Å². The van der Waals surface area contributed by atoms with Gasteiger partial charge in [0.2, 0.25) is 0 Å². The molecule has 1 aliphatic heterocycles. The summed E-state index contributed by atoms with van der Waals surface area (Å²) in [6.45, 7) is 3.42. The predicted molar refractivity (Wildman–Crippen MR) is 61.3 cm³/mol. The Morgan fingerprint density at radius 3 is 2.47 bits per heavy atom. The number of rotatable bonds is 2. The summed E-state index contributed by atoms with van der Waals surface area (Å²) < 4.78 is 43.7. The number of nitrogens with two attached hydrogens (primary N) is 1. The van der Waals surface area contributed by atoms with Gasteiger partial charge in [-0.2, -0.15) is 13.2 Å². The van der Waals surface area contributed by atoms with Gasteiger partial charge in [-0.15, -0.1) is 0 Å². The zero-order valence-electron chi connectivity index (χ0n) is 11.1. The lowest BCUT2D eigenvalue weighted by molar-refractivity contribution is -0.205. The molecule has 0 spiro atoms. The predicted octanol–water partition coefficient (Wildman–Crippen LogP) is 0.264. The molecule has 0 aliphatic carbocycles. The maximum Gasteiger partial charge on any atom is 0.415 e. The van der Waals surface area contributed by atoms with Crippen molar-refractivity contribution >= 4 is 5.91 Å². The fourth-order valence-corrected chi connectivity index (χ4v) is 2.00. The Balaban J connectivity index is 2.93. The zero-order chi connectivity index (χ0) is 15.1. The average Bonchev–Trinajstić information content (AvgIpc) is 2.24. The van der Waals surface area contributed by atoms with Crippen molar-refractivity contribution in [2.75, 3.05) is 19.7 Å². The number of alkyl halides is 3. The van der Waals surface area contributed by atoms with Crippen LogP contribution in [0.1, 0.15) is 20.8 Å². The molecule has 0 radical (unpaired) electrons. The number of nitrogens with zero attached hydrogens (tertiary/aromatic N) is 1. The van der Waals surface area contributed by atoms with Gasteiger partial charge in [0.05, 0.1) is 18.3 Å². The van der Waals surface area contributed by atoms with Crippen molar-refractivity contribution in [2.45, 2.75) is 44.2 Å². The quantitative estimate of drug-likeness (QED) is 0.763. The van der Waals surface area contributed by atoms with Gasteiger partial charge in [-0.3, -0.25) is 4.79 Å². The van der Waals surface area contributed by atoms with E-state index >= 15 is 0 Å². The van der Waals surface area contributed by atoms with E-state index in [1.54, 1.807) is 13.8 Å². The smallest absolute Gasteiger partial charge is 0.394 e. The first-order chi connectivity index (χ1) is 8.40. The van der Waals surface area contributed by atoms with Gasteiger partial charge in [0.15, 0.2) is 5.54 Å². The highest BCUT2D eigenvalue weighted by atomic mass is 19.4. The zero-order valence-corrected chi connectivity index (χ0v) is 11.1. The van der Waals surface area contributed by atoms with Crippen LogP contribution in [0.2, 0.25) is 0 Å². The maximum absolute atomic E-state index is 12.8. The fraction of sp³-hybridized carbons (Fsp3) is 0.909. The number of morpholine rings is 1. The molecule has 1 heterocycles. The first-order valence-corrected chi connectivity index (χ1v) is 5.84. The number of halogens is 3. The summed E-state index contributed by atoms with van der Waals surface area (Å²) in [5.41, 5.74) is 1.35. The number of hydrogen-bond acceptors (Lipinski definition) is 4. The Labute approximate surface area is 109 Å². The van der Waals surface area contributed by atoms with Crippen LogP contribution < -0.4 is 5.73 Å². The van der Waals surface area contributed by atoms with E-state index in [4.69, 9.17) is 15.6 Å². The molecule has 0 aromatic rings. The van der Waals surface area contributed by atoms with Crippen molar-refractivity contribution in [2.24, 2.45) is 5.73 Å². The second-order valence-electron chi connectivity index (χ2n) is 5.57. The van der Waals surface area contributed by atoms with E-state index in [0.29, 0.717) is 6.92 Å². The number of carbonyl (C=O) groups excluding carboxylic acids is 1. The SMILES string of the molecule is CC1(C)CN(C(=O)C(C)(N)C(F)(F)F)CC(CO)O1. The van der Waals surface area contributed by atoms with Gasteiger partial charge in [0.1, 0.15) is 0 Å². The van der Waals surface area contributed by atoms with Crippen molar-refractivity contribution < 1.29 is 27.8 Å². The normalized spacial score (nSPS) is 26.9. The van der Waals surface area contributed by atoms with Crippen LogP contribution >= 0.6 is 0 Å². The Morgan fingerprint density at radius 2 is 2.05 bits per heavy atom. The topological polar surface area (TPSA) is 75.8 Å². The first kappa shape index (κ1) is 16.2. The minimum atomic E-state index is -4.83. The van der Waals surface area contributed by atoms with Crippen molar-refractivity contribution in [3.05, 3.63) is 0 Å². The summed E-state index contributed by atoms with van der Waals surface area (Å²) in [6.07, 6.45) is -5.54. The summed E-state index contributed by atoms with van der Waals surface area (Å²) >= 11 is 0. The van der Waals surface area contributed by atoms with Crippen LogP contribution in [-0.2, 0) is 9.53 Å². The average molecular weight is 284 g/mol. The fourth-order valence-electron chi connectivity index (χ4n) is 2.00. The second kappa shape index (κ2) is 4.92. The molecule has 1 fully saturated rings. The monoisotopic (exact) mass is 284 g/mol. The molecule has 1 aliphatic rings. The lowest BCUT2D eigenvalue weighted by Gasteiger charge is -2.44. The lowest BCUT2D eigenvalue weighted by atomic mass is 9.98. The van der Waals surface area contributed by atoms with Gasteiger partial charge < -0.3 is 20.5 Å². The third kappa shape index (κ3) is 3.37. The molecule has 0 saturated carbocycles. The summed E-state index contributed by atoms with van der Waals surface area (Å²) in [4.78, 5) is 13.0. The Hall–Kier alpha value is -0.860. The number of carbonyl (C=O) groups is 1. The standard InChI is InChI=1S/C11H19F3N2O3/c1-9(2)6-16(4-7(5-17)19-9)8(18)10(3,15)11(12,13)14/h7,17H,4-6,15H2,1-3H3. The third-order valence-electron chi connectivity index (χ3n) is 3.01. The molecule has 0 aromatic heterocycles. The molecule has 2 atom stereocenters. The summed E-state index contributed by atoms with van der Waals surface area (Å²) in [5.74, 6) is -1.21. The van der Waals surface area contributed by atoms with Crippen LogP contribution in [0.5, 0.6) is 0 Å². The molecule has 1 rings (SSSR count). The van der Waals surface area contributed by atoms with Gasteiger partial charge in [-0.05, 0) is 20.8 Å². The number of aliphatic hydroxyl groups excluding tert-OH is 1. The molecule has 0 aromatic carbocycles. The van der Waals surface area contributed by atoms with E-state index in [1.165, 1.54) is 0 Å². The number of ether oxygens (including phenoxy) is 1. The lowest BCUT2D eigenvalue weighted by Crippen LogP contribution is -2.66. The Kier molecular flexibility index (Phi) is 4.19. The van der Waals surface area contributed by atoms with E-state index in [2.05, 4.69) is 0 Å². The molecular weight excluding hydrogens is 265 g/mol. The Morgan fingerprint density at radius 1 is 1.53 bits per heavy atom. The van der Waals surface area contributed by atoms with Gasteiger partial charge in [0.25, 0.3) is 5.91 Å². The number of aliphatic hydroxyl groups is 1. The Bertz CT molecular complexity index is 356. The maximum atomic E-state index is 12.8. The minimum Gasteiger partial charge on any atom is -0.394 e. The van der Waals surface area contributed by atoms with Gasteiger partial charge in [-0.25, -0.2) is 0 Å². The highest BCUT2D eigenvalue weighted by Gasteiger charge is 2.56. The van der Waals surface area contributed by atoms with Crippen LogP contribution in [0.25, 0.3) is 0 Å². The van der Waals surface area contributed by atoms with Crippen LogP contribution in [-0.4, -0.2) is 59.0 Å². The molecular formula is C11H19F3N2O3. The second-order valence-corrected chi connectivity index (χ2v) is 5.57. The highest BCUT2D eigenvalue weighted by molar-refractivity contribution is 5.87. The van der Waals surface area contributed by atoms with Crippen LogP contribution in [0.4, 0.5) is 13.2 Å². The van der Waals surface area contributed by atoms with E-state index < -0.39 is 29.3 Å². The largest absolute Gasteiger partial charge is 0.415 e. The third-order valence-corrected chi connectivity index (χ3v) is 3.01. The number of amides is 1. The van der Waals surface area contributed by atoms with E-state index in [-0.39, 0.29) is 19.7 Å². The van der Waals surface area contributed by atoms with Crippen molar-refractivity contribution in [1.29, 1.82) is 0 Å². The molecule has 5 nitrogen and oxygen atoms in total. The van der Waals surface area contributed by atoms with E-state index in [9.17, 15) is 18.0 Å². The molecule has 112 valence electrons. The van der Waals surface area contributed by atoms with Crippen molar-refractivity contribution in [3.8, 4) is 0 Å². The molecule has 2 unspecified atom stereocenters. The molecule has 3 N–H and O–H groups in total. The molecule has 1 amide bonds. The van der Waals surface area contributed by atoms with Gasteiger partial charge in [0, 0.05) is 13.1 Å². The summed E-state index contributed by atoms with van der Waals surface area (Å²) in [5, 5.41) is 9.07. The first-order valence-electron chi connectivity index (χ1n) is 5.84.